The molecule has 1 unspecified atom stereocenters. The second kappa shape index (κ2) is 5.56. The molecule has 1 atom stereocenters. The Hall–Kier alpha value is -1.29. The quantitative estimate of drug-likeness (QED) is 0.783. The van der Waals surface area contributed by atoms with Crippen molar-refractivity contribution in [3.8, 4) is 0 Å². The third kappa shape index (κ3) is 3.40. The van der Waals surface area contributed by atoms with Crippen molar-refractivity contribution in [2.45, 2.75) is 25.8 Å². The normalized spacial score (nSPS) is 13.0. The zero-order valence-corrected chi connectivity index (χ0v) is 9.14. The van der Waals surface area contributed by atoms with E-state index < -0.39 is 5.97 Å². The maximum atomic E-state index is 10.5. The summed E-state index contributed by atoms with van der Waals surface area (Å²) in [4.78, 5) is 12.5. The Morgan fingerprint density at radius 1 is 1.67 bits per heavy atom. The van der Waals surface area contributed by atoms with Gasteiger partial charge in [-0.1, -0.05) is 6.92 Å². The van der Waals surface area contributed by atoms with Crippen LogP contribution in [0, 0.1) is 0 Å². The minimum Gasteiger partial charge on any atom is -0.481 e. The number of carboxylic acids is 1. The summed E-state index contributed by atoms with van der Waals surface area (Å²) in [6.07, 6.45) is 2.71. The van der Waals surface area contributed by atoms with Gasteiger partial charge in [0.15, 0.2) is 0 Å². The number of furan rings is 1. The lowest BCUT2D eigenvalue weighted by molar-refractivity contribution is -0.137. The van der Waals surface area contributed by atoms with Crippen molar-refractivity contribution < 1.29 is 14.3 Å². The van der Waals surface area contributed by atoms with Crippen molar-refractivity contribution in [3.63, 3.8) is 0 Å². The van der Waals surface area contributed by atoms with Gasteiger partial charge in [0.1, 0.15) is 5.76 Å². The second-order valence-corrected chi connectivity index (χ2v) is 3.56. The monoisotopic (exact) mass is 211 g/mol. The predicted octanol–water partition coefficient (Wildman–Crippen LogP) is 2.14. The van der Waals surface area contributed by atoms with Gasteiger partial charge in [-0.2, -0.15) is 0 Å². The van der Waals surface area contributed by atoms with Gasteiger partial charge in [0.25, 0.3) is 0 Å². The third-order valence-corrected chi connectivity index (χ3v) is 2.47. The van der Waals surface area contributed by atoms with E-state index in [1.54, 1.807) is 6.26 Å². The smallest absolute Gasteiger partial charge is 0.304 e. The predicted molar refractivity (Wildman–Crippen MR) is 56.6 cm³/mol. The second-order valence-electron chi connectivity index (χ2n) is 3.56. The summed E-state index contributed by atoms with van der Waals surface area (Å²) < 4.78 is 5.33. The molecule has 1 N–H and O–H groups in total. The molecule has 0 fully saturated rings. The first kappa shape index (κ1) is 11.8. The number of rotatable bonds is 6. The summed E-state index contributed by atoms with van der Waals surface area (Å²) in [6, 6.07) is 3.94. The van der Waals surface area contributed by atoms with Gasteiger partial charge in [-0.15, -0.1) is 0 Å². The van der Waals surface area contributed by atoms with E-state index in [9.17, 15) is 4.79 Å². The van der Waals surface area contributed by atoms with E-state index in [-0.39, 0.29) is 12.5 Å². The van der Waals surface area contributed by atoms with Crippen molar-refractivity contribution in [1.29, 1.82) is 0 Å². The summed E-state index contributed by atoms with van der Waals surface area (Å²) in [6.45, 7) is 2.60. The minimum atomic E-state index is -0.767. The highest BCUT2D eigenvalue weighted by Gasteiger charge is 2.17. The van der Waals surface area contributed by atoms with Crippen LogP contribution in [0.3, 0.4) is 0 Å². The molecule has 0 aliphatic carbocycles. The summed E-state index contributed by atoms with van der Waals surface area (Å²) in [7, 11) is 1.92. The van der Waals surface area contributed by atoms with Gasteiger partial charge in [-0.25, -0.2) is 0 Å². The Morgan fingerprint density at radius 3 is 2.87 bits per heavy atom. The van der Waals surface area contributed by atoms with Gasteiger partial charge < -0.3 is 9.52 Å². The Labute approximate surface area is 89.5 Å². The molecule has 0 aliphatic heterocycles. The van der Waals surface area contributed by atoms with Crippen LogP contribution in [0.4, 0.5) is 0 Å². The molecule has 0 aliphatic rings. The van der Waals surface area contributed by atoms with E-state index in [0.717, 1.165) is 12.2 Å². The van der Waals surface area contributed by atoms with Crippen LogP contribution in [0.2, 0.25) is 0 Å². The summed E-state index contributed by atoms with van der Waals surface area (Å²) in [5.41, 5.74) is 0. The molecule has 0 spiro atoms. The molecule has 1 rings (SSSR count). The molecule has 84 valence electrons. The van der Waals surface area contributed by atoms with Crippen LogP contribution < -0.4 is 0 Å². The van der Waals surface area contributed by atoms with Crippen LogP contribution in [0.25, 0.3) is 0 Å². The number of hydrogen-bond donors (Lipinski definition) is 1. The first-order valence-corrected chi connectivity index (χ1v) is 5.10. The molecule has 1 aromatic rings. The van der Waals surface area contributed by atoms with E-state index in [2.05, 4.69) is 6.92 Å². The van der Waals surface area contributed by atoms with Gasteiger partial charge in [-0.05, 0) is 25.6 Å². The molecule has 0 bridgehead atoms. The number of nitrogens with zero attached hydrogens (tertiary/aromatic N) is 1. The van der Waals surface area contributed by atoms with Crippen LogP contribution in [-0.4, -0.2) is 29.6 Å². The van der Waals surface area contributed by atoms with E-state index in [1.807, 2.05) is 24.1 Å². The molecule has 0 radical (unpaired) electrons. The lowest BCUT2D eigenvalue weighted by atomic mass is 10.1. The first-order chi connectivity index (χ1) is 7.15. The molecule has 0 amide bonds. The number of hydrogen-bond acceptors (Lipinski definition) is 3. The van der Waals surface area contributed by atoms with Gasteiger partial charge in [0.2, 0.25) is 0 Å². The highest BCUT2D eigenvalue weighted by Crippen LogP contribution is 2.22. The van der Waals surface area contributed by atoms with Crippen LogP contribution in [0.5, 0.6) is 0 Å². The van der Waals surface area contributed by atoms with E-state index in [1.165, 1.54) is 0 Å². The zero-order chi connectivity index (χ0) is 11.3. The highest BCUT2D eigenvalue weighted by atomic mass is 16.4. The summed E-state index contributed by atoms with van der Waals surface area (Å²) in [5.74, 6) is 0.126. The first-order valence-electron chi connectivity index (χ1n) is 5.10. The van der Waals surface area contributed by atoms with Gasteiger partial charge in [0, 0.05) is 6.54 Å². The van der Waals surface area contributed by atoms with Crippen molar-refractivity contribution >= 4 is 5.97 Å². The largest absolute Gasteiger partial charge is 0.481 e. The third-order valence-electron chi connectivity index (χ3n) is 2.47. The average molecular weight is 211 g/mol. The average Bonchev–Trinajstić information content (AvgIpc) is 2.69. The molecule has 4 nitrogen and oxygen atoms in total. The van der Waals surface area contributed by atoms with Gasteiger partial charge in [-0.3, -0.25) is 9.69 Å². The lowest BCUT2D eigenvalue weighted by Crippen LogP contribution is -2.26. The Kier molecular flexibility index (Phi) is 4.37. The molecule has 1 heterocycles. The molecular formula is C11H17NO3. The lowest BCUT2D eigenvalue weighted by Gasteiger charge is -2.24. The van der Waals surface area contributed by atoms with Crippen LogP contribution in [0.15, 0.2) is 22.8 Å². The van der Waals surface area contributed by atoms with Crippen molar-refractivity contribution in [2.24, 2.45) is 0 Å². The Morgan fingerprint density at radius 2 is 2.40 bits per heavy atom. The maximum absolute atomic E-state index is 10.5. The molecule has 0 saturated heterocycles. The van der Waals surface area contributed by atoms with Crippen molar-refractivity contribution in [2.75, 3.05) is 13.6 Å². The molecule has 15 heavy (non-hydrogen) atoms. The molecule has 0 aromatic carbocycles. The Balaban J connectivity index is 2.55. The van der Waals surface area contributed by atoms with E-state index in [4.69, 9.17) is 9.52 Å². The fourth-order valence-electron chi connectivity index (χ4n) is 1.64. The molecule has 4 heteroatoms. The summed E-state index contributed by atoms with van der Waals surface area (Å²) >= 11 is 0. The van der Waals surface area contributed by atoms with Crippen molar-refractivity contribution in [3.05, 3.63) is 24.2 Å². The highest BCUT2D eigenvalue weighted by molar-refractivity contribution is 5.66. The van der Waals surface area contributed by atoms with E-state index in [0.29, 0.717) is 6.54 Å². The SMILES string of the molecule is CCC(c1ccco1)N(C)CCC(=O)O. The van der Waals surface area contributed by atoms with E-state index >= 15 is 0 Å². The minimum absolute atomic E-state index is 0.160. The molecular weight excluding hydrogens is 194 g/mol. The fourth-order valence-corrected chi connectivity index (χ4v) is 1.64. The number of carbonyl (C=O) groups is 1. The van der Waals surface area contributed by atoms with Crippen molar-refractivity contribution in [1.82, 2.24) is 4.90 Å². The van der Waals surface area contributed by atoms with Crippen LogP contribution in [-0.2, 0) is 4.79 Å². The standard InChI is InChI=1S/C11H17NO3/c1-3-9(10-5-4-8-15-10)12(2)7-6-11(13)14/h4-5,8-9H,3,6-7H2,1-2H3,(H,13,14). The topological polar surface area (TPSA) is 53.7 Å². The molecule has 1 aromatic heterocycles. The zero-order valence-electron chi connectivity index (χ0n) is 9.14. The van der Waals surface area contributed by atoms with Crippen LogP contribution >= 0.6 is 0 Å². The molecule has 0 saturated carbocycles. The fraction of sp³-hybridized carbons (Fsp3) is 0.545. The van der Waals surface area contributed by atoms with Gasteiger partial charge in [0.05, 0.1) is 18.7 Å². The maximum Gasteiger partial charge on any atom is 0.304 e. The van der Waals surface area contributed by atoms with Gasteiger partial charge >= 0.3 is 5.97 Å². The number of aliphatic carboxylic acids is 1. The number of carboxylic acid groups (broad SMARTS) is 1. The van der Waals surface area contributed by atoms with Crippen LogP contribution in [0.1, 0.15) is 31.6 Å². The Bertz CT molecular complexity index is 295. The summed E-state index contributed by atoms with van der Waals surface area (Å²) in [5, 5.41) is 8.60.